The van der Waals surface area contributed by atoms with E-state index in [9.17, 15) is 0 Å². The van der Waals surface area contributed by atoms with Crippen LogP contribution < -0.4 is 38.2 Å². The molecule has 0 N–H and O–H groups in total. The first-order valence-electron chi connectivity index (χ1n) is 22.4. The zero-order chi connectivity index (χ0) is 43.5. The second-order valence-electron chi connectivity index (χ2n) is 17.9. The van der Waals surface area contributed by atoms with Crippen LogP contribution in [0.15, 0.2) is 168 Å². The normalized spacial score (nSPS) is 11.9. The van der Waals surface area contributed by atoms with Crippen LogP contribution in [0.1, 0.15) is 0 Å². The number of hydrogen-bond acceptors (Lipinski definition) is 1. The summed E-state index contributed by atoms with van der Waals surface area (Å²) >= 11 is 0. The second-order valence-corrected chi connectivity index (χ2v) is 17.9. The molecule has 10 heteroatoms. The van der Waals surface area contributed by atoms with Gasteiger partial charge in [-0.3, -0.25) is 0 Å². The Balaban J connectivity index is 1.12. The molecular weight excluding hydrogens is 768 g/mol. The molecule has 0 amide bonds. The second kappa shape index (κ2) is 14.4. The highest BCUT2D eigenvalue weighted by Crippen LogP contribution is 2.39. The number of hydrogen-bond donors (Lipinski definition) is 0. The molecule has 0 atom stereocenters. The van der Waals surface area contributed by atoms with Crippen molar-refractivity contribution in [3.05, 3.63) is 164 Å². The van der Waals surface area contributed by atoms with Crippen molar-refractivity contribution in [2.75, 3.05) is 0 Å². The van der Waals surface area contributed by atoms with E-state index in [1.54, 1.807) is 0 Å². The third kappa shape index (κ3) is 5.58. The summed E-state index contributed by atoms with van der Waals surface area (Å²) in [6.07, 6.45) is 0. The molecule has 294 valence electrons. The summed E-state index contributed by atoms with van der Waals surface area (Å²) in [6, 6.07) is 59.7. The van der Waals surface area contributed by atoms with Gasteiger partial charge >= 0.3 is 0 Å². The smallest absolute Gasteiger partial charge is 0.141 e. The summed E-state index contributed by atoms with van der Waals surface area (Å²) in [5.74, 6) is 0. The Morgan fingerprint density at radius 1 is 0.312 bits per heavy atom. The minimum atomic E-state index is 0.911. The lowest BCUT2D eigenvalue weighted by molar-refractivity contribution is 0.669. The van der Waals surface area contributed by atoms with Gasteiger partial charge in [-0.2, -0.15) is 0 Å². The Labute approximate surface area is 379 Å². The number of nitrogens with zero attached hydrogens (tertiary/aromatic N) is 2. The fourth-order valence-electron chi connectivity index (χ4n) is 11.0. The van der Waals surface area contributed by atoms with Gasteiger partial charge in [-0.15, -0.1) is 5.46 Å². The zero-order valence-electron chi connectivity index (χ0n) is 37.4. The lowest BCUT2D eigenvalue weighted by Gasteiger charge is -2.19. The molecule has 0 unspecified atom stereocenters. The number of furan rings is 1. The Morgan fingerprint density at radius 2 is 0.812 bits per heavy atom. The van der Waals surface area contributed by atoms with Gasteiger partial charge < -0.3 is 13.6 Å². The molecule has 9 aromatic carbocycles. The van der Waals surface area contributed by atoms with Gasteiger partial charge in [0.25, 0.3) is 0 Å². The van der Waals surface area contributed by atoms with Crippen LogP contribution in [-0.2, 0) is 0 Å². The van der Waals surface area contributed by atoms with Crippen LogP contribution >= 0.6 is 0 Å². The van der Waals surface area contributed by atoms with Crippen molar-refractivity contribution in [1.29, 1.82) is 0 Å². The maximum Gasteiger partial charge on any atom is 0.141 e. The van der Waals surface area contributed by atoms with E-state index >= 15 is 0 Å². The van der Waals surface area contributed by atoms with Gasteiger partial charge in [-0.05, 0) is 99.4 Å². The first kappa shape index (κ1) is 38.5. The standard InChI is InChI=1S/C54H41B7N2O/c55-46-43(47(56)51(60)53-44(46)45-48(57)49(58)50(59)52(61)54(45)63(53)34-21-24-42-38(27-34)35-13-7-8-14-41(35)64-42)32-18-23-40-37(26-32)36-25-31(29-11-5-2-6-12-29)17-22-39(36)62(40)33-19-15-30(16-20-33)28-9-3-1-4-10-28/h1-27H,55-61H2. The molecule has 3 aromatic heterocycles. The predicted molar refractivity (Wildman–Crippen MR) is 296 cm³/mol. The van der Waals surface area contributed by atoms with E-state index in [4.69, 9.17) is 4.42 Å². The molecule has 0 bridgehead atoms. The van der Waals surface area contributed by atoms with Crippen LogP contribution in [0.3, 0.4) is 0 Å². The van der Waals surface area contributed by atoms with Crippen molar-refractivity contribution in [2.45, 2.75) is 0 Å². The summed E-state index contributed by atoms with van der Waals surface area (Å²) in [4.78, 5) is 0. The Bertz CT molecular complexity index is 3910. The summed E-state index contributed by atoms with van der Waals surface area (Å²) < 4.78 is 11.3. The van der Waals surface area contributed by atoms with Crippen LogP contribution in [0, 0.1) is 0 Å². The average Bonchev–Trinajstić information content (AvgIpc) is 4.00. The summed E-state index contributed by atoms with van der Waals surface area (Å²) in [6.45, 7) is 0. The fourth-order valence-corrected chi connectivity index (χ4v) is 11.0. The monoisotopic (exact) mass is 810 g/mol. The molecule has 0 aliphatic carbocycles. The topological polar surface area (TPSA) is 23.0 Å². The lowest BCUT2D eigenvalue weighted by Crippen LogP contribution is -2.48. The quantitative estimate of drug-likeness (QED) is 0.246. The molecule has 3 nitrogen and oxygen atoms in total. The maximum atomic E-state index is 6.33. The molecule has 0 aliphatic rings. The largest absolute Gasteiger partial charge is 0.456 e. The first-order valence-corrected chi connectivity index (χ1v) is 22.4. The molecule has 12 rings (SSSR count). The van der Waals surface area contributed by atoms with Crippen LogP contribution in [0.5, 0.6) is 0 Å². The Kier molecular flexibility index (Phi) is 8.69. The highest BCUT2D eigenvalue weighted by molar-refractivity contribution is 6.69. The maximum absolute atomic E-state index is 6.33. The van der Waals surface area contributed by atoms with E-state index in [-0.39, 0.29) is 0 Å². The summed E-state index contributed by atoms with van der Waals surface area (Å²) in [5.41, 5.74) is 25.8. The molecule has 12 aromatic rings. The SMILES string of the molecule is Bc1c(B)c(B)c2c(c1B)c1c(B)c(-c3ccc4c(c3)c3cc(-c5ccccc5)ccc3n4-c3ccc(-c4ccccc4)cc3)c(B)c(B)c1n2-c1ccc2oc3ccccc3c2c1. The van der Waals surface area contributed by atoms with Crippen LogP contribution in [0.2, 0.25) is 0 Å². The minimum absolute atomic E-state index is 0.911. The number of para-hydroxylation sites is 1. The van der Waals surface area contributed by atoms with Crippen LogP contribution in [-0.4, -0.2) is 64.1 Å². The number of benzene rings is 9. The predicted octanol–water partition coefficient (Wildman–Crippen LogP) is 2.59. The van der Waals surface area contributed by atoms with E-state index in [1.807, 2.05) is 6.07 Å². The van der Waals surface area contributed by atoms with Crippen LogP contribution in [0.4, 0.5) is 0 Å². The molecule has 3 heterocycles. The molecule has 0 aliphatic heterocycles. The summed E-state index contributed by atoms with van der Waals surface area (Å²) in [5, 5.41) is 7.45. The van der Waals surface area contributed by atoms with E-state index in [2.05, 4.69) is 222 Å². The van der Waals surface area contributed by atoms with Crippen molar-refractivity contribution in [3.63, 3.8) is 0 Å². The molecule has 0 saturated carbocycles. The number of aromatic nitrogens is 2. The molecule has 64 heavy (non-hydrogen) atoms. The van der Waals surface area contributed by atoms with Gasteiger partial charge in [0.15, 0.2) is 0 Å². The van der Waals surface area contributed by atoms with Crippen molar-refractivity contribution in [3.8, 4) is 44.8 Å². The fraction of sp³-hybridized carbons (Fsp3) is 0. The van der Waals surface area contributed by atoms with Crippen molar-refractivity contribution in [1.82, 2.24) is 9.13 Å². The van der Waals surface area contributed by atoms with Gasteiger partial charge in [0.05, 0.1) is 11.0 Å². The molecule has 0 saturated heterocycles. The van der Waals surface area contributed by atoms with Crippen molar-refractivity contribution < 1.29 is 4.42 Å². The summed E-state index contributed by atoms with van der Waals surface area (Å²) in [7, 11) is 16.2. The Morgan fingerprint density at radius 3 is 1.50 bits per heavy atom. The molecule has 0 fully saturated rings. The van der Waals surface area contributed by atoms with E-state index < -0.39 is 0 Å². The highest BCUT2D eigenvalue weighted by Gasteiger charge is 2.26. The van der Waals surface area contributed by atoms with Gasteiger partial charge in [0, 0.05) is 49.3 Å². The number of rotatable bonds is 5. The zero-order valence-corrected chi connectivity index (χ0v) is 37.4. The van der Waals surface area contributed by atoms with Crippen molar-refractivity contribution in [2.24, 2.45) is 0 Å². The third-order valence-corrected chi connectivity index (χ3v) is 14.6. The van der Waals surface area contributed by atoms with Crippen molar-refractivity contribution >= 4 is 159 Å². The molecular formula is C54H41B7N2O. The first-order chi connectivity index (χ1) is 31.2. The highest BCUT2D eigenvalue weighted by atomic mass is 16.3. The van der Waals surface area contributed by atoms with E-state index in [0.717, 1.165) is 33.3 Å². The molecule has 0 spiro atoms. The van der Waals surface area contributed by atoms with E-state index in [1.165, 1.54) is 115 Å². The van der Waals surface area contributed by atoms with Gasteiger partial charge in [-0.25, -0.2) is 0 Å². The Hall–Kier alpha value is -7.17. The average molecular weight is 810 g/mol. The number of fused-ring (bicyclic) bond motifs is 9. The van der Waals surface area contributed by atoms with Gasteiger partial charge in [-0.1, -0.05) is 136 Å². The minimum Gasteiger partial charge on any atom is -0.456 e. The van der Waals surface area contributed by atoms with E-state index in [0.29, 0.717) is 0 Å². The lowest BCUT2D eigenvalue weighted by atomic mass is 9.64. The van der Waals surface area contributed by atoms with Crippen LogP contribution in [0.25, 0.3) is 110 Å². The van der Waals surface area contributed by atoms with Gasteiger partial charge in [0.1, 0.15) is 66.1 Å². The third-order valence-electron chi connectivity index (χ3n) is 14.6. The molecule has 0 radical (unpaired) electrons. The van der Waals surface area contributed by atoms with Gasteiger partial charge in [0.2, 0.25) is 0 Å².